The number of halogens is 1. The van der Waals surface area contributed by atoms with Crippen molar-refractivity contribution in [3.63, 3.8) is 0 Å². The molecule has 0 aliphatic carbocycles. The zero-order valence-corrected chi connectivity index (χ0v) is 8.88. The number of nitrogens with one attached hydrogen (secondary N) is 1. The SMILES string of the molecule is Brc1ncc(CN2CCOCC2)[nH]1. The average Bonchev–Trinajstić information content (AvgIpc) is 2.53. The fourth-order valence-electron chi connectivity index (χ4n) is 1.41. The van der Waals surface area contributed by atoms with Gasteiger partial charge >= 0.3 is 0 Å². The van der Waals surface area contributed by atoms with Gasteiger partial charge in [0.2, 0.25) is 0 Å². The molecule has 2 rings (SSSR count). The molecule has 1 N–H and O–H groups in total. The maximum Gasteiger partial charge on any atom is 0.174 e. The Balaban J connectivity index is 1.89. The molecule has 0 amide bonds. The normalized spacial score (nSPS) is 19.2. The van der Waals surface area contributed by atoms with E-state index in [2.05, 4.69) is 30.8 Å². The van der Waals surface area contributed by atoms with E-state index in [1.165, 1.54) is 0 Å². The van der Waals surface area contributed by atoms with Crippen LogP contribution < -0.4 is 0 Å². The second kappa shape index (κ2) is 4.21. The van der Waals surface area contributed by atoms with Gasteiger partial charge in [-0.05, 0) is 15.9 Å². The Morgan fingerprint density at radius 3 is 2.92 bits per heavy atom. The van der Waals surface area contributed by atoms with Crippen molar-refractivity contribution in [1.82, 2.24) is 14.9 Å². The lowest BCUT2D eigenvalue weighted by atomic mass is 10.3. The Kier molecular flexibility index (Phi) is 2.97. The summed E-state index contributed by atoms with van der Waals surface area (Å²) in [5.74, 6) is 0. The highest BCUT2D eigenvalue weighted by atomic mass is 79.9. The quantitative estimate of drug-likeness (QED) is 0.846. The minimum absolute atomic E-state index is 0.802. The third-order valence-corrected chi connectivity index (χ3v) is 2.50. The predicted octanol–water partition coefficient (Wildman–Crippen LogP) is 1.00. The summed E-state index contributed by atoms with van der Waals surface area (Å²) in [5, 5.41) is 0. The minimum Gasteiger partial charge on any atom is -0.379 e. The lowest BCUT2D eigenvalue weighted by molar-refractivity contribution is 0.0337. The van der Waals surface area contributed by atoms with Crippen LogP contribution in [0.2, 0.25) is 0 Å². The number of H-pyrrole nitrogens is 1. The van der Waals surface area contributed by atoms with Gasteiger partial charge in [-0.3, -0.25) is 4.90 Å². The van der Waals surface area contributed by atoms with E-state index in [4.69, 9.17) is 4.74 Å². The van der Waals surface area contributed by atoms with Crippen LogP contribution in [0.5, 0.6) is 0 Å². The fraction of sp³-hybridized carbons (Fsp3) is 0.625. The molecule has 5 heteroatoms. The molecule has 1 aromatic rings. The van der Waals surface area contributed by atoms with E-state index in [0.717, 1.165) is 43.3 Å². The number of hydrogen-bond donors (Lipinski definition) is 1. The zero-order valence-electron chi connectivity index (χ0n) is 7.29. The predicted molar refractivity (Wildman–Crippen MR) is 52.4 cm³/mol. The lowest BCUT2D eigenvalue weighted by Crippen LogP contribution is -2.35. The molecule has 0 bridgehead atoms. The molecule has 0 radical (unpaired) electrons. The van der Waals surface area contributed by atoms with Crippen molar-refractivity contribution in [2.75, 3.05) is 26.3 Å². The van der Waals surface area contributed by atoms with Crippen molar-refractivity contribution in [3.8, 4) is 0 Å². The van der Waals surface area contributed by atoms with Crippen molar-refractivity contribution in [3.05, 3.63) is 16.6 Å². The number of ether oxygens (including phenoxy) is 1. The summed E-state index contributed by atoms with van der Waals surface area (Å²) >= 11 is 3.29. The van der Waals surface area contributed by atoms with E-state index in [1.54, 1.807) is 0 Å². The van der Waals surface area contributed by atoms with Crippen LogP contribution in [0.25, 0.3) is 0 Å². The van der Waals surface area contributed by atoms with Gasteiger partial charge in [0.05, 0.1) is 19.4 Å². The molecule has 1 aromatic heterocycles. The molecule has 1 aliphatic heterocycles. The first kappa shape index (κ1) is 9.18. The molecule has 0 saturated carbocycles. The summed E-state index contributed by atoms with van der Waals surface area (Å²) in [6.45, 7) is 4.64. The second-order valence-corrected chi connectivity index (χ2v) is 3.84. The van der Waals surface area contributed by atoms with Gasteiger partial charge in [0, 0.05) is 25.3 Å². The maximum atomic E-state index is 5.27. The molecule has 0 unspecified atom stereocenters. The average molecular weight is 246 g/mol. The smallest absolute Gasteiger partial charge is 0.174 e. The number of aromatic amines is 1. The first-order valence-electron chi connectivity index (χ1n) is 4.34. The van der Waals surface area contributed by atoms with Crippen LogP contribution in [-0.4, -0.2) is 41.2 Å². The fourth-order valence-corrected chi connectivity index (χ4v) is 1.77. The molecule has 2 heterocycles. The van der Waals surface area contributed by atoms with E-state index in [0.29, 0.717) is 0 Å². The molecule has 72 valence electrons. The largest absolute Gasteiger partial charge is 0.379 e. The second-order valence-electron chi connectivity index (χ2n) is 3.09. The van der Waals surface area contributed by atoms with Gasteiger partial charge in [0.1, 0.15) is 0 Å². The molecule has 0 aromatic carbocycles. The summed E-state index contributed by atoms with van der Waals surface area (Å²) in [6, 6.07) is 0. The highest BCUT2D eigenvalue weighted by Gasteiger charge is 2.11. The van der Waals surface area contributed by atoms with E-state index in [9.17, 15) is 0 Å². The summed E-state index contributed by atoms with van der Waals surface area (Å²) in [7, 11) is 0. The highest BCUT2D eigenvalue weighted by molar-refractivity contribution is 9.10. The topological polar surface area (TPSA) is 41.2 Å². The summed E-state index contributed by atoms with van der Waals surface area (Å²) in [4.78, 5) is 9.58. The summed E-state index contributed by atoms with van der Waals surface area (Å²) in [5.41, 5.74) is 1.15. The zero-order chi connectivity index (χ0) is 9.10. The van der Waals surface area contributed by atoms with E-state index in [1.807, 2.05) is 6.20 Å². The maximum absolute atomic E-state index is 5.27. The Labute approximate surface area is 85.4 Å². The number of nitrogens with zero attached hydrogens (tertiary/aromatic N) is 2. The van der Waals surface area contributed by atoms with Crippen molar-refractivity contribution in [2.45, 2.75) is 6.54 Å². The molecular weight excluding hydrogens is 234 g/mol. The van der Waals surface area contributed by atoms with Crippen molar-refractivity contribution in [1.29, 1.82) is 0 Å². The summed E-state index contributed by atoms with van der Waals surface area (Å²) in [6.07, 6.45) is 1.86. The molecule has 1 fully saturated rings. The number of hydrogen-bond acceptors (Lipinski definition) is 3. The Morgan fingerprint density at radius 2 is 2.31 bits per heavy atom. The Morgan fingerprint density at radius 1 is 1.54 bits per heavy atom. The number of imidazole rings is 1. The first-order valence-corrected chi connectivity index (χ1v) is 5.13. The van der Waals surface area contributed by atoms with Gasteiger partial charge in [-0.2, -0.15) is 0 Å². The van der Waals surface area contributed by atoms with E-state index >= 15 is 0 Å². The van der Waals surface area contributed by atoms with Gasteiger partial charge in [-0.1, -0.05) is 0 Å². The third kappa shape index (κ3) is 2.52. The third-order valence-electron chi connectivity index (χ3n) is 2.10. The van der Waals surface area contributed by atoms with Crippen LogP contribution in [0.15, 0.2) is 10.9 Å². The van der Waals surface area contributed by atoms with E-state index in [-0.39, 0.29) is 0 Å². The first-order chi connectivity index (χ1) is 6.34. The summed E-state index contributed by atoms with van der Waals surface area (Å²) < 4.78 is 6.07. The molecule has 1 aliphatic rings. The van der Waals surface area contributed by atoms with Gasteiger partial charge < -0.3 is 9.72 Å². The van der Waals surface area contributed by atoms with E-state index < -0.39 is 0 Å². The Bertz CT molecular complexity index is 270. The molecule has 13 heavy (non-hydrogen) atoms. The molecule has 4 nitrogen and oxygen atoms in total. The van der Waals surface area contributed by atoms with Crippen LogP contribution in [0.4, 0.5) is 0 Å². The monoisotopic (exact) mass is 245 g/mol. The van der Waals surface area contributed by atoms with Gasteiger partial charge in [-0.25, -0.2) is 4.98 Å². The number of morpholine rings is 1. The minimum atomic E-state index is 0.802. The van der Waals surface area contributed by atoms with Gasteiger partial charge in [-0.15, -0.1) is 0 Å². The highest BCUT2D eigenvalue weighted by Crippen LogP contribution is 2.07. The van der Waals surface area contributed by atoms with Crippen molar-refractivity contribution in [2.24, 2.45) is 0 Å². The molecular formula is C8H12BrN3O. The Hall–Kier alpha value is -0.390. The van der Waals surface area contributed by atoms with Crippen LogP contribution >= 0.6 is 15.9 Å². The van der Waals surface area contributed by atoms with Gasteiger partial charge in [0.15, 0.2) is 4.73 Å². The number of aromatic nitrogens is 2. The standard InChI is InChI=1S/C8H12BrN3O/c9-8-10-5-7(11-8)6-12-1-3-13-4-2-12/h5H,1-4,6H2,(H,10,11). The lowest BCUT2D eigenvalue weighted by Gasteiger charge is -2.25. The van der Waals surface area contributed by atoms with Crippen LogP contribution in [-0.2, 0) is 11.3 Å². The number of rotatable bonds is 2. The van der Waals surface area contributed by atoms with Crippen LogP contribution in [0.1, 0.15) is 5.69 Å². The van der Waals surface area contributed by atoms with Crippen molar-refractivity contribution >= 4 is 15.9 Å². The molecule has 0 spiro atoms. The van der Waals surface area contributed by atoms with Crippen LogP contribution in [0.3, 0.4) is 0 Å². The molecule has 1 saturated heterocycles. The molecule has 0 atom stereocenters. The van der Waals surface area contributed by atoms with Gasteiger partial charge in [0.25, 0.3) is 0 Å². The van der Waals surface area contributed by atoms with Crippen molar-refractivity contribution < 1.29 is 4.74 Å². The van der Waals surface area contributed by atoms with Crippen LogP contribution in [0, 0.1) is 0 Å².